The van der Waals surface area contributed by atoms with Gasteiger partial charge in [-0.25, -0.2) is 0 Å². The third-order valence-electron chi connectivity index (χ3n) is 2.74. The summed E-state index contributed by atoms with van der Waals surface area (Å²) in [6, 6.07) is 5.54. The van der Waals surface area contributed by atoms with Gasteiger partial charge in [0, 0.05) is 0 Å². The van der Waals surface area contributed by atoms with Crippen LogP contribution in [0.1, 0.15) is 25.5 Å². The normalized spacial score (nSPS) is 15.5. The lowest BCUT2D eigenvalue weighted by molar-refractivity contribution is 0.0865. The Balaban J connectivity index is 2.42. The fraction of sp³-hybridized carbons (Fsp3) is 0.417. The van der Waals surface area contributed by atoms with E-state index in [-0.39, 0.29) is 6.79 Å². The first-order valence-corrected chi connectivity index (χ1v) is 5.93. The minimum Gasteiger partial charge on any atom is -0.454 e. The van der Waals surface area contributed by atoms with Crippen molar-refractivity contribution in [1.82, 2.24) is 0 Å². The number of fused-ring (bicyclic) bond motifs is 1. The van der Waals surface area contributed by atoms with Crippen molar-refractivity contribution in [3.8, 4) is 17.6 Å². The molecule has 0 aromatic heterocycles. The second kappa shape index (κ2) is 4.21. The topological polar surface area (TPSA) is 62.5 Å². The summed E-state index contributed by atoms with van der Waals surface area (Å²) >= 11 is 3.36. The van der Waals surface area contributed by atoms with Gasteiger partial charge in [-0.1, -0.05) is 0 Å². The number of benzene rings is 1. The highest BCUT2D eigenvalue weighted by Gasteiger charge is 2.31. The first-order valence-electron chi connectivity index (χ1n) is 5.14. The van der Waals surface area contributed by atoms with Gasteiger partial charge in [0.1, 0.15) is 0 Å². The van der Waals surface area contributed by atoms with Crippen LogP contribution in [0.2, 0.25) is 0 Å². The monoisotopic (exact) mass is 297 g/mol. The fourth-order valence-electron chi connectivity index (χ4n) is 1.62. The van der Waals surface area contributed by atoms with Gasteiger partial charge in [-0.15, -0.1) is 0 Å². The largest absolute Gasteiger partial charge is 0.454 e. The van der Waals surface area contributed by atoms with Gasteiger partial charge in [-0.2, -0.15) is 5.26 Å². The molecule has 1 aromatic carbocycles. The Morgan fingerprint density at radius 2 is 2.18 bits per heavy atom. The maximum absolute atomic E-state index is 10.2. The SMILES string of the molecule is CC(C)(C#N)C(O)c1cc(Br)c2c(c1)OCO2. The Morgan fingerprint density at radius 1 is 1.47 bits per heavy atom. The molecule has 0 aliphatic carbocycles. The Kier molecular flexibility index (Phi) is 3.02. The molecule has 1 aliphatic rings. The molecule has 1 aliphatic heterocycles. The van der Waals surface area contributed by atoms with Crippen LogP contribution in [-0.4, -0.2) is 11.9 Å². The van der Waals surface area contributed by atoms with E-state index in [0.29, 0.717) is 17.1 Å². The quantitative estimate of drug-likeness (QED) is 0.912. The standard InChI is InChI=1S/C12H12BrNO3/c1-12(2,5-14)11(15)7-3-8(13)10-9(4-7)16-6-17-10/h3-4,11,15H,6H2,1-2H3. The van der Waals surface area contributed by atoms with Crippen LogP contribution in [0.5, 0.6) is 11.5 Å². The highest BCUT2D eigenvalue weighted by atomic mass is 79.9. The van der Waals surface area contributed by atoms with E-state index in [1.807, 2.05) is 0 Å². The molecule has 0 spiro atoms. The molecular formula is C12H12BrNO3. The molecule has 1 unspecified atom stereocenters. The van der Waals surface area contributed by atoms with Crippen molar-refractivity contribution in [3.05, 3.63) is 22.2 Å². The van der Waals surface area contributed by atoms with Gasteiger partial charge < -0.3 is 14.6 Å². The van der Waals surface area contributed by atoms with E-state index in [0.717, 1.165) is 4.47 Å². The zero-order valence-electron chi connectivity index (χ0n) is 9.53. The summed E-state index contributed by atoms with van der Waals surface area (Å²) in [7, 11) is 0. The number of nitrogens with zero attached hydrogens (tertiary/aromatic N) is 1. The number of halogens is 1. The van der Waals surface area contributed by atoms with E-state index in [2.05, 4.69) is 22.0 Å². The molecule has 5 heteroatoms. The molecule has 90 valence electrons. The van der Waals surface area contributed by atoms with Crippen molar-refractivity contribution < 1.29 is 14.6 Å². The van der Waals surface area contributed by atoms with Crippen molar-refractivity contribution in [2.75, 3.05) is 6.79 Å². The summed E-state index contributed by atoms with van der Waals surface area (Å²) in [4.78, 5) is 0. The Hall–Kier alpha value is -1.25. The minimum atomic E-state index is -0.877. The summed E-state index contributed by atoms with van der Waals surface area (Å²) in [5.74, 6) is 1.22. The number of aliphatic hydroxyl groups is 1. The molecular weight excluding hydrogens is 286 g/mol. The first kappa shape index (κ1) is 12.2. The molecule has 0 radical (unpaired) electrons. The van der Waals surface area contributed by atoms with E-state index in [1.54, 1.807) is 26.0 Å². The first-order chi connectivity index (χ1) is 7.95. The Labute approximate surface area is 108 Å². The lowest BCUT2D eigenvalue weighted by Gasteiger charge is -2.23. The summed E-state index contributed by atoms with van der Waals surface area (Å²) < 4.78 is 11.2. The van der Waals surface area contributed by atoms with Crippen molar-refractivity contribution in [2.45, 2.75) is 20.0 Å². The fourth-order valence-corrected chi connectivity index (χ4v) is 2.20. The lowest BCUT2D eigenvalue weighted by Crippen LogP contribution is -2.19. The molecule has 2 rings (SSSR count). The summed E-state index contributed by atoms with van der Waals surface area (Å²) in [5, 5.41) is 19.2. The molecule has 0 saturated carbocycles. The maximum Gasteiger partial charge on any atom is 0.231 e. The van der Waals surface area contributed by atoms with Crippen molar-refractivity contribution in [3.63, 3.8) is 0 Å². The van der Waals surface area contributed by atoms with Gasteiger partial charge in [-0.05, 0) is 47.5 Å². The van der Waals surface area contributed by atoms with Crippen molar-refractivity contribution >= 4 is 15.9 Å². The van der Waals surface area contributed by atoms with Gasteiger partial charge in [0.25, 0.3) is 0 Å². The zero-order chi connectivity index (χ0) is 12.6. The molecule has 1 atom stereocenters. The van der Waals surface area contributed by atoms with Crippen LogP contribution in [-0.2, 0) is 0 Å². The van der Waals surface area contributed by atoms with Crippen LogP contribution in [0.25, 0.3) is 0 Å². The van der Waals surface area contributed by atoms with Crippen LogP contribution in [0.4, 0.5) is 0 Å². The van der Waals surface area contributed by atoms with Gasteiger partial charge >= 0.3 is 0 Å². The molecule has 1 heterocycles. The van der Waals surface area contributed by atoms with Gasteiger partial charge in [0.15, 0.2) is 11.5 Å². The number of rotatable bonds is 2. The lowest BCUT2D eigenvalue weighted by atomic mass is 9.84. The van der Waals surface area contributed by atoms with Crippen LogP contribution in [0, 0.1) is 16.7 Å². The van der Waals surface area contributed by atoms with E-state index >= 15 is 0 Å². The second-order valence-corrected chi connectivity index (χ2v) is 5.33. The summed E-state index contributed by atoms with van der Waals surface area (Å²) in [6.45, 7) is 3.56. The number of nitriles is 1. The molecule has 1 aromatic rings. The summed E-state index contributed by atoms with van der Waals surface area (Å²) in [5.41, 5.74) is -0.222. The molecule has 4 nitrogen and oxygen atoms in total. The molecule has 17 heavy (non-hydrogen) atoms. The average molecular weight is 298 g/mol. The van der Waals surface area contributed by atoms with Crippen LogP contribution in [0.3, 0.4) is 0 Å². The predicted octanol–water partition coefficient (Wildman–Crippen LogP) is 2.76. The smallest absolute Gasteiger partial charge is 0.231 e. The molecule has 0 saturated heterocycles. The zero-order valence-corrected chi connectivity index (χ0v) is 11.1. The Morgan fingerprint density at radius 3 is 2.82 bits per heavy atom. The predicted molar refractivity (Wildman–Crippen MR) is 64.6 cm³/mol. The summed E-state index contributed by atoms with van der Waals surface area (Å²) in [6.07, 6.45) is -0.877. The van der Waals surface area contributed by atoms with E-state index in [4.69, 9.17) is 14.7 Å². The van der Waals surface area contributed by atoms with Gasteiger partial charge in [0.05, 0.1) is 22.1 Å². The molecule has 1 N–H and O–H groups in total. The molecule has 0 bridgehead atoms. The second-order valence-electron chi connectivity index (χ2n) is 4.47. The van der Waals surface area contributed by atoms with E-state index in [1.165, 1.54) is 0 Å². The number of ether oxygens (including phenoxy) is 2. The third-order valence-corrected chi connectivity index (χ3v) is 3.33. The number of hydrogen-bond donors (Lipinski definition) is 1. The molecule has 0 amide bonds. The minimum absolute atomic E-state index is 0.176. The van der Waals surface area contributed by atoms with Crippen LogP contribution < -0.4 is 9.47 Å². The highest BCUT2D eigenvalue weighted by Crippen LogP contribution is 2.43. The van der Waals surface area contributed by atoms with Crippen molar-refractivity contribution in [1.29, 1.82) is 5.26 Å². The van der Waals surface area contributed by atoms with Crippen LogP contribution in [0.15, 0.2) is 16.6 Å². The average Bonchev–Trinajstić information content (AvgIpc) is 2.76. The maximum atomic E-state index is 10.2. The number of hydrogen-bond acceptors (Lipinski definition) is 4. The number of aliphatic hydroxyl groups excluding tert-OH is 1. The van der Waals surface area contributed by atoms with Crippen LogP contribution >= 0.6 is 15.9 Å². The third kappa shape index (κ3) is 2.11. The van der Waals surface area contributed by atoms with Crippen molar-refractivity contribution in [2.24, 2.45) is 5.41 Å². The van der Waals surface area contributed by atoms with E-state index < -0.39 is 11.5 Å². The van der Waals surface area contributed by atoms with E-state index in [9.17, 15) is 5.11 Å². The molecule has 0 fully saturated rings. The highest BCUT2D eigenvalue weighted by molar-refractivity contribution is 9.10. The van der Waals surface area contributed by atoms with Gasteiger partial charge in [-0.3, -0.25) is 0 Å². The van der Waals surface area contributed by atoms with Gasteiger partial charge in [0.2, 0.25) is 6.79 Å². The Bertz CT molecular complexity index is 493.